The van der Waals surface area contributed by atoms with E-state index in [2.05, 4.69) is 10.1 Å². The Kier molecular flexibility index (Phi) is 6.41. The van der Waals surface area contributed by atoms with Crippen LogP contribution in [0.4, 0.5) is 5.69 Å². The number of carbonyl (C=O) groups excluding carboxylic acids is 3. The zero-order valence-electron chi connectivity index (χ0n) is 16.2. The lowest BCUT2D eigenvalue weighted by atomic mass is 10.1. The van der Waals surface area contributed by atoms with Gasteiger partial charge < -0.3 is 9.57 Å². The Morgan fingerprint density at radius 1 is 1.14 bits per heavy atom. The lowest BCUT2D eigenvalue weighted by molar-refractivity contribution is -0.150. The van der Waals surface area contributed by atoms with Crippen LogP contribution in [0.25, 0.3) is 0 Å². The number of amides is 2. The third-order valence-electron chi connectivity index (χ3n) is 4.78. The van der Waals surface area contributed by atoms with E-state index in [1.165, 1.54) is 20.3 Å². The predicted molar refractivity (Wildman–Crippen MR) is 103 cm³/mol. The van der Waals surface area contributed by atoms with Crippen LogP contribution < -0.4 is 4.90 Å². The summed E-state index contributed by atoms with van der Waals surface area (Å²) in [6, 6.07) is 6.93. The second-order valence-corrected chi connectivity index (χ2v) is 7.01. The van der Waals surface area contributed by atoms with Gasteiger partial charge in [-0.15, -0.1) is 0 Å². The Bertz CT molecular complexity index is 786. The molecule has 1 aromatic carbocycles. The number of esters is 1. The molecule has 3 rings (SSSR count). The van der Waals surface area contributed by atoms with Gasteiger partial charge in [0.25, 0.3) is 5.91 Å². The molecule has 1 atom stereocenters. The highest BCUT2D eigenvalue weighted by atomic mass is 16.6. The molecule has 2 aliphatic rings. The molecule has 0 aliphatic carbocycles. The molecule has 8 nitrogen and oxygen atoms in total. The van der Waals surface area contributed by atoms with Gasteiger partial charge in [0, 0.05) is 26.0 Å². The smallest absolute Gasteiger partial charge is 0.303 e. The fourth-order valence-corrected chi connectivity index (χ4v) is 3.57. The second kappa shape index (κ2) is 8.97. The highest BCUT2D eigenvalue weighted by molar-refractivity contribution is 6.57. The SMILES string of the molecule is CC(=O)OC(CO/N=C1/C(=O)N(C(C)=O)c2ccccc21)CN1CCCCC1. The number of anilines is 1. The summed E-state index contributed by atoms with van der Waals surface area (Å²) in [5.74, 6) is -1.29. The normalized spacial score (nSPS) is 19.4. The maximum Gasteiger partial charge on any atom is 0.303 e. The minimum atomic E-state index is -0.520. The van der Waals surface area contributed by atoms with Gasteiger partial charge in [-0.1, -0.05) is 29.8 Å². The number of rotatable bonds is 6. The quantitative estimate of drug-likeness (QED) is 0.545. The summed E-state index contributed by atoms with van der Waals surface area (Å²) in [5.41, 5.74) is 1.11. The van der Waals surface area contributed by atoms with Gasteiger partial charge in [0.05, 0.1) is 5.69 Å². The zero-order chi connectivity index (χ0) is 20.1. The number of hydrogen-bond acceptors (Lipinski definition) is 7. The maximum atomic E-state index is 12.6. The Morgan fingerprint density at radius 3 is 2.54 bits per heavy atom. The third kappa shape index (κ3) is 4.56. The first-order valence-corrected chi connectivity index (χ1v) is 9.51. The van der Waals surface area contributed by atoms with Gasteiger partial charge in [-0.05, 0) is 32.0 Å². The molecule has 1 aromatic rings. The number of likely N-dealkylation sites (tertiary alicyclic amines) is 1. The topological polar surface area (TPSA) is 88.5 Å². The van der Waals surface area contributed by atoms with E-state index in [0.29, 0.717) is 17.8 Å². The van der Waals surface area contributed by atoms with Crippen LogP contribution in [-0.4, -0.2) is 60.7 Å². The van der Waals surface area contributed by atoms with E-state index in [1.54, 1.807) is 24.3 Å². The summed E-state index contributed by atoms with van der Waals surface area (Å²) in [6.45, 7) is 5.21. The molecule has 8 heteroatoms. The van der Waals surface area contributed by atoms with Gasteiger partial charge in [-0.25, -0.2) is 4.90 Å². The van der Waals surface area contributed by atoms with Crippen LogP contribution in [-0.2, 0) is 24.0 Å². The number of hydrogen-bond donors (Lipinski definition) is 0. The van der Waals surface area contributed by atoms with E-state index in [-0.39, 0.29) is 24.2 Å². The van der Waals surface area contributed by atoms with Gasteiger partial charge in [-0.3, -0.25) is 19.3 Å². The summed E-state index contributed by atoms with van der Waals surface area (Å²) in [6.07, 6.45) is 2.99. The molecule has 0 bridgehead atoms. The van der Waals surface area contributed by atoms with Crippen molar-refractivity contribution in [1.82, 2.24) is 4.90 Å². The van der Waals surface area contributed by atoms with Crippen molar-refractivity contribution in [3.8, 4) is 0 Å². The average molecular weight is 387 g/mol. The van der Waals surface area contributed by atoms with Crippen molar-refractivity contribution in [2.75, 3.05) is 31.1 Å². The number of ether oxygens (including phenoxy) is 1. The molecular formula is C20H25N3O5. The van der Waals surface area contributed by atoms with Crippen molar-refractivity contribution in [2.45, 2.75) is 39.2 Å². The van der Waals surface area contributed by atoms with E-state index in [4.69, 9.17) is 9.57 Å². The minimum Gasteiger partial charge on any atom is -0.457 e. The number of piperidine rings is 1. The highest BCUT2D eigenvalue weighted by Gasteiger charge is 2.37. The zero-order valence-corrected chi connectivity index (χ0v) is 16.2. The first kappa shape index (κ1) is 20.0. The lowest BCUT2D eigenvalue weighted by Crippen LogP contribution is -2.40. The number of carbonyl (C=O) groups is 3. The predicted octanol–water partition coefficient (Wildman–Crippen LogP) is 1.72. The van der Waals surface area contributed by atoms with Crippen LogP contribution in [0.5, 0.6) is 0 Å². The van der Waals surface area contributed by atoms with E-state index in [9.17, 15) is 14.4 Å². The van der Waals surface area contributed by atoms with Gasteiger partial charge in [0.1, 0.15) is 0 Å². The summed E-state index contributed by atoms with van der Waals surface area (Å²) >= 11 is 0. The van der Waals surface area contributed by atoms with Crippen LogP contribution in [0.15, 0.2) is 29.4 Å². The maximum absolute atomic E-state index is 12.6. The number of oxime groups is 1. The van der Waals surface area contributed by atoms with Crippen molar-refractivity contribution in [1.29, 1.82) is 0 Å². The molecule has 0 radical (unpaired) electrons. The van der Waals surface area contributed by atoms with E-state index >= 15 is 0 Å². The molecule has 0 spiro atoms. The highest BCUT2D eigenvalue weighted by Crippen LogP contribution is 2.29. The summed E-state index contributed by atoms with van der Waals surface area (Å²) in [7, 11) is 0. The molecule has 1 saturated heterocycles. The average Bonchev–Trinajstić information content (AvgIpc) is 2.94. The van der Waals surface area contributed by atoms with Crippen LogP contribution in [0.2, 0.25) is 0 Å². The summed E-state index contributed by atoms with van der Waals surface area (Å²) in [4.78, 5) is 44.5. The standard InChI is InChI=1S/C20H25N3O5/c1-14(24)23-18-9-5-4-8-17(18)19(20(23)26)21-27-13-16(28-15(2)25)12-22-10-6-3-7-11-22/h4-5,8-9,16H,3,6-7,10-13H2,1-2H3/b21-19+. The fraction of sp³-hybridized carbons (Fsp3) is 0.500. The molecule has 2 aliphatic heterocycles. The van der Waals surface area contributed by atoms with Gasteiger partial charge in [-0.2, -0.15) is 0 Å². The Hall–Kier alpha value is -2.74. The number of para-hydroxylation sites is 1. The fourth-order valence-electron chi connectivity index (χ4n) is 3.57. The molecule has 1 fully saturated rings. The first-order chi connectivity index (χ1) is 13.5. The molecule has 0 N–H and O–H groups in total. The van der Waals surface area contributed by atoms with E-state index in [0.717, 1.165) is 30.8 Å². The van der Waals surface area contributed by atoms with E-state index < -0.39 is 12.0 Å². The van der Waals surface area contributed by atoms with Gasteiger partial charge in [0.2, 0.25) is 5.91 Å². The number of benzene rings is 1. The van der Waals surface area contributed by atoms with E-state index in [1.807, 2.05) is 0 Å². The van der Waals surface area contributed by atoms with Crippen LogP contribution in [0.1, 0.15) is 38.7 Å². The molecule has 28 heavy (non-hydrogen) atoms. The van der Waals surface area contributed by atoms with Crippen LogP contribution in [0.3, 0.4) is 0 Å². The largest absolute Gasteiger partial charge is 0.457 e. The van der Waals surface area contributed by atoms with Crippen molar-refractivity contribution in [2.24, 2.45) is 5.16 Å². The number of fused-ring (bicyclic) bond motifs is 1. The Morgan fingerprint density at radius 2 is 1.86 bits per heavy atom. The molecule has 1 unspecified atom stereocenters. The monoisotopic (exact) mass is 387 g/mol. The molecule has 150 valence electrons. The van der Waals surface area contributed by atoms with Crippen molar-refractivity contribution in [3.63, 3.8) is 0 Å². The number of imide groups is 1. The third-order valence-corrected chi connectivity index (χ3v) is 4.78. The molecule has 0 aromatic heterocycles. The Balaban J connectivity index is 1.69. The molecule has 0 saturated carbocycles. The number of nitrogens with zero attached hydrogens (tertiary/aromatic N) is 3. The molecular weight excluding hydrogens is 362 g/mol. The van der Waals surface area contributed by atoms with Crippen LogP contribution in [0, 0.1) is 0 Å². The van der Waals surface area contributed by atoms with Crippen LogP contribution >= 0.6 is 0 Å². The van der Waals surface area contributed by atoms with Gasteiger partial charge >= 0.3 is 5.97 Å². The summed E-state index contributed by atoms with van der Waals surface area (Å²) < 4.78 is 5.35. The molecule has 2 amide bonds. The summed E-state index contributed by atoms with van der Waals surface area (Å²) in [5, 5.41) is 3.98. The second-order valence-electron chi connectivity index (χ2n) is 7.01. The molecule has 2 heterocycles. The van der Waals surface area contributed by atoms with Crippen molar-refractivity contribution in [3.05, 3.63) is 29.8 Å². The van der Waals surface area contributed by atoms with Crippen molar-refractivity contribution >= 4 is 29.2 Å². The van der Waals surface area contributed by atoms with Gasteiger partial charge in [0.15, 0.2) is 18.4 Å². The minimum absolute atomic E-state index is 0.0368. The van der Waals surface area contributed by atoms with Crippen molar-refractivity contribution < 1.29 is 24.0 Å². The first-order valence-electron chi connectivity index (χ1n) is 9.51. The Labute approximate surface area is 164 Å². The lowest BCUT2D eigenvalue weighted by Gasteiger charge is -2.29.